The van der Waals surface area contributed by atoms with Crippen LogP contribution < -0.4 is 5.32 Å². The molecule has 0 radical (unpaired) electrons. The highest BCUT2D eigenvalue weighted by atomic mass is 19.1. The zero-order valence-electron chi connectivity index (χ0n) is 14.8. The number of rotatable bonds is 5. The second-order valence-corrected chi connectivity index (χ2v) is 6.60. The Morgan fingerprint density at radius 2 is 1.96 bits per heavy atom. The van der Waals surface area contributed by atoms with Crippen molar-refractivity contribution < 1.29 is 13.9 Å². The van der Waals surface area contributed by atoms with Gasteiger partial charge >= 0.3 is 5.97 Å². The lowest BCUT2D eigenvalue weighted by Gasteiger charge is -2.21. The van der Waals surface area contributed by atoms with E-state index in [1.165, 1.54) is 17.0 Å². The Balaban J connectivity index is 1.47. The molecule has 0 atom stereocenters. The first kappa shape index (κ1) is 17.4. The Morgan fingerprint density at radius 3 is 2.78 bits per heavy atom. The van der Waals surface area contributed by atoms with E-state index in [1.807, 2.05) is 0 Å². The molecule has 3 aromatic rings. The first-order valence-corrected chi connectivity index (χ1v) is 9.11. The minimum absolute atomic E-state index is 0.0200. The Morgan fingerprint density at radius 1 is 1.15 bits per heavy atom. The van der Waals surface area contributed by atoms with Gasteiger partial charge in [0.15, 0.2) is 11.5 Å². The molecule has 1 aromatic carbocycles. The van der Waals surface area contributed by atoms with Crippen molar-refractivity contribution in [1.82, 2.24) is 19.8 Å². The first-order valence-electron chi connectivity index (χ1n) is 9.11. The van der Waals surface area contributed by atoms with E-state index in [0.29, 0.717) is 22.9 Å². The molecule has 1 aliphatic rings. The topological polar surface area (TPSA) is 81.4 Å². The molecule has 0 aliphatic heterocycles. The summed E-state index contributed by atoms with van der Waals surface area (Å²) in [6.07, 6.45) is 5.31. The largest absolute Gasteiger partial charge is 0.461 e. The van der Waals surface area contributed by atoms with E-state index in [-0.39, 0.29) is 18.6 Å². The van der Waals surface area contributed by atoms with Crippen molar-refractivity contribution >= 4 is 17.4 Å². The maximum Gasteiger partial charge on any atom is 0.325 e. The van der Waals surface area contributed by atoms with Crippen molar-refractivity contribution in [2.45, 2.75) is 38.2 Å². The SMILES string of the molecule is O=C(CNc1ccc2nnc(-c3ccccc3F)n2n1)OC1CCCCC1. The Labute approximate surface area is 155 Å². The summed E-state index contributed by atoms with van der Waals surface area (Å²) >= 11 is 0. The summed E-state index contributed by atoms with van der Waals surface area (Å²) in [5.74, 6) is 0.0573. The van der Waals surface area contributed by atoms with Crippen LogP contribution in [0.5, 0.6) is 0 Å². The number of aromatic nitrogens is 4. The summed E-state index contributed by atoms with van der Waals surface area (Å²) in [6, 6.07) is 9.72. The van der Waals surface area contributed by atoms with Crippen LogP contribution in [0.2, 0.25) is 0 Å². The van der Waals surface area contributed by atoms with E-state index in [1.54, 1.807) is 30.3 Å². The quantitative estimate of drug-likeness (QED) is 0.696. The summed E-state index contributed by atoms with van der Waals surface area (Å²) in [5.41, 5.74) is 0.801. The molecule has 0 spiro atoms. The minimum Gasteiger partial charge on any atom is -0.461 e. The highest BCUT2D eigenvalue weighted by Gasteiger charge is 2.18. The molecular formula is C19H20FN5O2. The fraction of sp³-hybridized carbons (Fsp3) is 0.368. The number of fused-ring (bicyclic) bond motifs is 1. The number of hydrogen-bond donors (Lipinski definition) is 1. The van der Waals surface area contributed by atoms with Gasteiger partial charge in [-0.05, 0) is 49.9 Å². The van der Waals surface area contributed by atoms with E-state index < -0.39 is 5.82 Å². The van der Waals surface area contributed by atoms with Crippen molar-refractivity contribution in [3.8, 4) is 11.4 Å². The maximum absolute atomic E-state index is 14.1. The molecule has 7 nitrogen and oxygen atoms in total. The fourth-order valence-corrected chi connectivity index (χ4v) is 3.27. The average Bonchev–Trinajstić information content (AvgIpc) is 3.11. The number of benzene rings is 1. The van der Waals surface area contributed by atoms with Gasteiger partial charge in [0.25, 0.3) is 0 Å². The summed E-state index contributed by atoms with van der Waals surface area (Å²) in [7, 11) is 0. The summed E-state index contributed by atoms with van der Waals surface area (Å²) in [6.45, 7) is 0.0200. The highest BCUT2D eigenvalue weighted by Crippen LogP contribution is 2.22. The van der Waals surface area contributed by atoms with E-state index in [0.717, 1.165) is 25.7 Å². The molecule has 0 saturated heterocycles. The molecular weight excluding hydrogens is 349 g/mol. The third kappa shape index (κ3) is 3.89. The zero-order valence-corrected chi connectivity index (χ0v) is 14.8. The fourth-order valence-electron chi connectivity index (χ4n) is 3.27. The van der Waals surface area contributed by atoms with Crippen LogP contribution in [0.3, 0.4) is 0 Å². The van der Waals surface area contributed by atoms with Gasteiger partial charge in [-0.15, -0.1) is 15.3 Å². The molecule has 0 bridgehead atoms. The van der Waals surface area contributed by atoms with Crippen LogP contribution in [0.4, 0.5) is 10.2 Å². The first-order chi connectivity index (χ1) is 13.2. The number of esters is 1. The van der Waals surface area contributed by atoms with Gasteiger partial charge in [-0.2, -0.15) is 4.52 Å². The molecule has 1 aliphatic carbocycles. The molecule has 0 amide bonds. The highest BCUT2D eigenvalue weighted by molar-refractivity contribution is 5.74. The van der Waals surface area contributed by atoms with Gasteiger partial charge in [-0.1, -0.05) is 18.6 Å². The molecule has 8 heteroatoms. The molecule has 1 saturated carbocycles. The second-order valence-electron chi connectivity index (χ2n) is 6.60. The third-order valence-electron chi connectivity index (χ3n) is 4.64. The van der Waals surface area contributed by atoms with E-state index in [9.17, 15) is 9.18 Å². The number of hydrogen-bond acceptors (Lipinski definition) is 6. The predicted molar refractivity (Wildman–Crippen MR) is 97.6 cm³/mol. The Bertz CT molecular complexity index is 952. The molecule has 140 valence electrons. The smallest absolute Gasteiger partial charge is 0.325 e. The molecule has 1 fully saturated rings. The number of halogens is 1. The third-order valence-corrected chi connectivity index (χ3v) is 4.64. The standard InChI is InChI=1S/C19H20FN5O2/c20-15-9-5-4-8-14(15)19-23-22-17-11-10-16(24-25(17)19)21-12-18(26)27-13-6-2-1-3-7-13/h4-5,8-11,13H,1-3,6-7,12H2,(H,21,24). The predicted octanol–water partition coefficient (Wildman–Crippen LogP) is 3.22. The van der Waals surface area contributed by atoms with Gasteiger partial charge in [0.05, 0.1) is 5.56 Å². The number of anilines is 1. The number of carbonyl (C=O) groups is 1. The van der Waals surface area contributed by atoms with Crippen LogP contribution in [0.25, 0.3) is 17.0 Å². The number of ether oxygens (including phenoxy) is 1. The number of nitrogens with one attached hydrogen (secondary N) is 1. The zero-order chi connectivity index (χ0) is 18.6. The van der Waals surface area contributed by atoms with Gasteiger partial charge < -0.3 is 10.1 Å². The maximum atomic E-state index is 14.1. The van der Waals surface area contributed by atoms with Crippen molar-refractivity contribution in [3.05, 3.63) is 42.2 Å². The van der Waals surface area contributed by atoms with Gasteiger partial charge in [0, 0.05) is 0 Å². The molecule has 4 rings (SSSR count). The monoisotopic (exact) mass is 369 g/mol. The van der Waals surface area contributed by atoms with Crippen LogP contribution in [0, 0.1) is 5.82 Å². The van der Waals surface area contributed by atoms with Crippen LogP contribution in [0.1, 0.15) is 32.1 Å². The lowest BCUT2D eigenvalue weighted by molar-refractivity contribution is -0.148. The van der Waals surface area contributed by atoms with Crippen LogP contribution in [-0.4, -0.2) is 38.4 Å². The lowest BCUT2D eigenvalue weighted by atomic mass is 9.98. The van der Waals surface area contributed by atoms with E-state index in [4.69, 9.17) is 4.74 Å². The summed E-state index contributed by atoms with van der Waals surface area (Å²) in [4.78, 5) is 12.0. The number of nitrogens with zero attached hydrogens (tertiary/aromatic N) is 4. The number of carbonyl (C=O) groups excluding carboxylic acids is 1. The van der Waals surface area contributed by atoms with Crippen LogP contribution in [0.15, 0.2) is 36.4 Å². The Kier molecular flexibility index (Phi) is 4.95. The Hall–Kier alpha value is -3.03. The van der Waals surface area contributed by atoms with Gasteiger partial charge in [0.2, 0.25) is 0 Å². The van der Waals surface area contributed by atoms with E-state index in [2.05, 4.69) is 20.6 Å². The van der Waals surface area contributed by atoms with Crippen molar-refractivity contribution in [3.63, 3.8) is 0 Å². The van der Waals surface area contributed by atoms with Crippen LogP contribution in [-0.2, 0) is 9.53 Å². The van der Waals surface area contributed by atoms with E-state index >= 15 is 0 Å². The second kappa shape index (κ2) is 7.69. The van der Waals surface area contributed by atoms with Crippen molar-refractivity contribution in [2.24, 2.45) is 0 Å². The molecule has 0 unspecified atom stereocenters. The van der Waals surface area contributed by atoms with Crippen molar-refractivity contribution in [1.29, 1.82) is 0 Å². The normalized spacial score (nSPS) is 15.0. The summed E-state index contributed by atoms with van der Waals surface area (Å²) < 4.78 is 21.0. The van der Waals surface area contributed by atoms with Gasteiger partial charge in [0.1, 0.15) is 24.3 Å². The summed E-state index contributed by atoms with van der Waals surface area (Å²) in [5, 5.41) is 15.4. The van der Waals surface area contributed by atoms with Gasteiger partial charge in [-0.25, -0.2) is 4.39 Å². The minimum atomic E-state index is -0.400. The molecule has 27 heavy (non-hydrogen) atoms. The molecule has 2 aromatic heterocycles. The van der Waals surface area contributed by atoms with Gasteiger partial charge in [-0.3, -0.25) is 4.79 Å². The van der Waals surface area contributed by atoms with Crippen molar-refractivity contribution in [2.75, 3.05) is 11.9 Å². The molecule has 1 N–H and O–H groups in total. The molecule has 2 heterocycles. The lowest BCUT2D eigenvalue weighted by Crippen LogP contribution is -2.25. The van der Waals surface area contributed by atoms with Crippen LogP contribution >= 0.6 is 0 Å². The average molecular weight is 369 g/mol.